The fraction of sp³-hybridized carbons (Fsp3) is 0.100. The first-order valence-electron chi connectivity index (χ1n) is 8.51. The van der Waals surface area contributed by atoms with E-state index in [0.717, 1.165) is 23.1 Å². The number of halogens is 1. The molecular weight excluding hydrogens is 442 g/mol. The summed E-state index contributed by atoms with van der Waals surface area (Å²) in [5, 5.41) is 26.5. The van der Waals surface area contributed by atoms with Gasteiger partial charge in [0.15, 0.2) is 6.10 Å². The molecule has 0 aliphatic heterocycles. The van der Waals surface area contributed by atoms with Crippen LogP contribution in [-0.4, -0.2) is 28.3 Å². The minimum absolute atomic E-state index is 0.0778. The van der Waals surface area contributed by atoms with Gasteiger partial charge in [0, 0.05) is 23.1 Å². The quantitative estimate of drug-likeness (QED) is 0.328. The second-order valence-electron chi connectivity index (χ2n) is 6.09. The lowest BCUT2D eigenvalue weighted by Gasteiger charge is -2.14. The number of nitro groups is 1. The van der Waals surface area contributed by atoms with Crippen LogP contribution < -0.4 is 10.2 Å². The van der Waals surface area contributed by atoms with Crippen molar-refractivity contribution in [3.63, 3.8) is 0 Å². The normalized spacial score (nSPS) is 12.1. The minimum Gasteiger partial charge on any atom is -0.506 e. The molecule has 3 aromatic carbocycles. The number of non-ortho nitro benzene ring substituents is 1. The van der Waals surface area contributed by atoms with Gasteiger partial charge in [-0.3, -0.25) is 14.9 Å². The van der Waals surface area contributed by atoms with E-state index in [9.17, 15) is 20.0 Å². The Kier molecular flexibility index (Phi) is 6.08. The maximum atomic E-state index is 12.3. The number of hydrogen-bond donors (Lipinski definition) is 2. The van der Waals surface area contributed by atoms with Gasteiger partial charge in [0.2, 0.25) is 0 Å². The Balaban J connectivity index is 1.70. The van der Waals surface area contributed by atoms with Crippen LogP contribution in [0.2, 0.25) is 0 Å². The molecule has 0 heterocycles. The van der Waals surface area contributed by atoms with Gasteiger partial charge in [0.05, 0.1) is 15.6 Å². The number of phenolic OH excluding ortho intramolecular Hbond substituents is 1. The zero-order valence-corrected chi connectivity index (χ0v) is 16.8. The van der Waals surface area contributed by atoms with Gasteiger partial charge in [0.1, 0.15) is 11.5 Å². The molecule has 0 bridgehead atoms. The second-order valence-corrected chi connectivity index (χ2v) is 6.95. The highest BCUT2D eigenvalue weighted by atomic mass is 79.9. The van der Waals surface area contributed by atoms with Gasteiger partial charge in [-0.15, -0.1) is 0 Å². The molecule has 0 fully saturated rings. The van der Waals surface area contributed by atoms with E-state index in [1.54, 1.807) is 13.0 Å². The summed E-state index contributed by atoms with van der Waals surface area (Å²) >= 11 is 3.04. The van der Waals surface area contributed by atoms with Crippen LogP contribution in [-0.2, 0) is 4.79 Å². The molecule has 1 amide bonds. The average Bonchev–Trinajstić information content (AvgIpc) is 2.71. The first-order valence-corrected chi connectivity index (χ1v) is 9.30. The van der Waals surface area contributed by atoms with E-state index in [2.05, 4.69) is 26.5 Å². The van der Waals surface area contributed by atoms with Crippen molar-refractivity contribution in [2.75, 3.05) is 0 Å². The van der Waals surface area contributed by atoms with Crippen molar-refractivity contribution in [2.45, 2.75) is 13.0 Å². The SMILES string of the molecule is CC(Oc1cccc2ccccc12)C(=O)NN=Cc1cc([N+](=O)[O-])cc(Br)c1O. The highest BCUT2D eigenvalue weighted by Crippen LogP contribution is 2.31. The molecule has 0 saturated heterocycles. The lowest BCUT2D eigenvalue weighted by atomic mass is 10.1. The Morgan fingerprint density at radius 2 is 2.00 bits per heavy atom. The Hall–Kier alpha value is -3.46. The number of nitro benzene ring substituents is 1. The van der Waals surface area contributed by atoms with Crippen molar-refractivity contribution in [2.24, 2.45) is 5.10 Å². The van der Waals surface area contributed by atoms with E-state index in [0.29, 0.717) is 5.75 Å². The average molecular weight is 458 g/mol. The van der Waals surface area contributed by atoms with Crippen LogP contribution in [0.4, 0.5) is 5.69 Å². The molecule has 2 N–H and O–H groups in total. The number of hydrazone groups is 1. The van der Waals surface area contributed by atoms with Gasteiger partial charge in [-0.25, -0.2) is 5.43 Å². The smallest absolute Gasteiger partial charge is 0.280 e. The highest BCUT2D eigenvalue weighted by molar-refractivity contribution is 9.10. The van der Waals surface area contributed by atoms with Crippen LogP contribution in [0, 0.1) is 10.1 Å². The molecule has 9 heteroatoms. The van der Waals surface area contributed by atoms with Gasteiger partial charge < -0.3 is 9.84 Å². The predicted molar refractivity (Wildman–Crippen MR) is 112 cm³/mol. The van der Waals surface area contributed by atoms with E-state index < -0.39 is 16.9 Å². The molecule has 29 heavy (non-hydrogen) atoms. The first kappa shape index (κ1) is 20.3. The van der Waals surface area contributed by atoms with Crippen LogP contribution in [0.1, 0.15) is 12.5 Å². The zero-order valence-electron chi connectivity index (χ0n) is 15.2. The number of fused-ring (bicyclic) bond motifs is 1. The molecule has 0 aliphatic rings. The van der Waals surface area contributed by atoms with Gasteiger partial charge in [-0.2, -0.15) is 5.10 Å². The summed E-state index contributed by atoms with van der Waals surface area (Å²) in [4.78, 5) is 22.6. The van der Waals surface area contributed by atoms with Gasteiger partial charge >= 0.3 is 0 Å². The number of carbonyl (C=O) groups is 1. The molecule has 0 spiro atoms. The fourth-order valence-corrected chi connectivity index (χ4v) is 3.07. The van der Waals surface area contributed by atoms with Crippen molar-refractivity contribution < 1.29 is 19.6 Å². The number of carbonyl (C=O) groups excluding carboxylic acids is 1. The maximum Gasteiger partial charge on any atom is 0.280 e. The summed E-state index contributed by atoms with van der Waals surface area (Å²) in [5.41, 5.74) is 2.15. The summed E-state index contributed by atoms with van der Waals surface area (Å²) in [5.74, 6) is -0.179. The van der Waals surface area contributed by atoms with E-state index in [1.807, 2.05) is 36.4 Å². The molecule has 0 aliphatic carbocycles. The van der Waals surface area contributed by atoms with Crippen LogP contribution in [0.15, 0.2) is 64.2 Å². The van der Waals surface area contributed by atoms with Crippen molar-refractivity contribution in [3.8, 4) is 11.5 Å². The Bertz CT molecular complexity index is 1110. The third-order valence-electron chi connectivity index (χ3n) is 4.09. The van der Waals surface area contributed by atoms with Gasteiger partial charge in [-0.1, -0.05) is 36.4 Å². The fourth-order valence-electron chi connectivity index (χ4n) is 2.61. The number of benzene rings is 3. The van der Waals surface area contributed by atoms with E-state index in [4.69, 9.17) is 4.74 Å². The first-order chi connectivity index (χ1) is 13.9. The number of ether oxygens (including phenoxy) is 1. The molecule has 1 atom stereocenters. The lowest BCUT2D eigenvalue weighted by molar-refractivity contribution is -0.385. The van der Waals surface area contributed by atoms with Gasteiger partial charge in [-0.05, 0) is 34.3 Å². The Morgan fingerprint density at radius 1 is 1.28 bits per heavy atom. The van der Waals surface area contributed by atoms with Crippen LogP contribution in [0.3, 0.4) is 0 Å². The molecule has 0 radical (unpaired) electrons. The molecule has 3 rings (SSSR count). The zero-order chi connectivity index (χ0) is 21.0. The molecule has 0 aromatic heterocycles. The molecule has 0 saturated carbocycles. The molecule has 3 aromatic rings. The number of nitrogens with one attached hydrogen (secondary N) is 1. The number of rotatable bonds is 6. The third-order valence-corrected chi connectivity index (χ3v) is 4.69. The predicted octanol–water partition coefficient (Wildman–Crippen LogP) is 4.13. The highest BCUT2D eigenvalue weighted by Gasteiger charge is 2.16. The number of amides is 1. The Morgan fingerprint density at radius 3 is 2.76 bits per heavy atom. The summed E-state index contributed by atoms with van der Waals surface area (Å²) in [7, 11) is 0. The van der Waals surface area contributed by atoms with Crippen molar-refractivity contribution >= 4 is 44.5 Å². The van der Waals surface area contributed by atoms with Gasteiger partial charge in [0.25, 0.3) is 11.6 Å². The van der Waals surface area contributed by atoms with Crippen molar-refractivity contribution in [3.05, 3.63) is 74.7 Å². The minimum atomic E-state index is -0.844. The lowest BCUT2D eigenvalue weighted by Crippen LogP contribution is -2.33. The number of phenols is 1. The topological polar surface area (TPSA) is 114 Å². The number of hydrogen-bond acceptors (Lipinski definition) is 6. The standard InChI is InChI=1S/C20H16BrN3O5/c1-12(29-18-8-4-6-13-5-2-3-7-16(13)18)20(26)23-22-11-14-9-15(24(27)28)10-17(21)19(14)25/h2-12,25H,1H3,(H,23,26). The van der Waals surface area contributed by atoms with E-state index in [-0.39, 0.29) is 21.5 Å². The molecule has 1 unspecified atom stereocenters. The number of nitrogens with zero attached hydrogens (tertiary/aromatic N) is 2. The summed E-state index contributed by atoms with van der Waals surface area (Å²) in [6, 6.07) is 15.5. The molecular formula is C20H16BrN3O5. The summed E-state index contributed by atoms with van der Waals surface area (Å²) < 4.78 is 5.90. The number of aromatic hydroxyl groups is 1. The van der Waals surface area contributed by atoms with Crippen LogP contribution in [0.5, 0.6) is 11.5 Å². The van der Waals surface area contributed by atoms with E-state index >= 15 is 0 Å². The van der Waals surface area contributed by atoms with E-state index in [1.165, 1.54) is 6.07 Å². The third kappa shape index (κ3) is 4.69. The second kappa shape index (κ2) is 8.70. The van der Waals surface area contributed by atoms with Crippen LogP contribution >= 0.6 is 15.9 Å². The van der Waals surface area contributed by atoms with Crippen molar-refractivity contribution in [1.29, 1.82) is 0 Å². The van der Waals surface area contributed by atoms with Crippen LogP contribution in [0.25, 0.3) is 10.8 Å². The molecule has 148 valence electrons. The molecule has 8 nitrogen and oxygen atoms in total. The Labute approximate surface area is 174 Å². The summed E-state index contributed by atoms with van der Waals surface area (Å²) in [6.45, 7) is 1.58. The van der Waals surface area contributed by atoms with Crippen molar-refractivity contribution in [1.82, 2.24) is 5.43 Å². The monoisotopic (exact) mass is 457 g/mol. The largest absolute Gasteiger partial charge is 0.506 e. The summed E-state index contributed by atoms with van der Waals surface area (Å²) in [6.07, 6.45) is 0.277. The maximum absolute atomic E-state index is 12.3.